The van der Waals surface area contributed by atoms with Crippen LogP contribution in [-0.4, -0.2) is 36.5 Å². The van der Waals surface area contributed by atoms with Crippen LogP contribution in [0.4, 0.5) is 22.0 Å². The number of fused-ring (bicyclic) bond motifs is 1. The molecule has 0 fully saturated rings. The average Bonchev–Trinajstić information content (AvgIpc) is 2.49. The zero-order valence-electron chi connectivity index (χ0n) is 12.5. The van der Waals surface area contributed by atoms with Crippen molar-refractivity contribution >= 4 is 16.1 Å². The summed E-state index contributed by atoms with van der Waals surface area (Å²) in [6.45, 7) is 0. The summed E-state index contributed by atoms with van der Waals surface area (Å²) in [5.74, 6) is -1.76. The molecular weight excluding hydrogens is 375 g/mol. The van der Waals surface area contributed by atoms with Gasteiger partial charge >= 0.3 is 27.5 Å². The van der Waals surface area contributed by atoms with Crippen molar-refractivity contribution in [3.05, 3.63) is 34.9 Å². The molecule has 140 valence electrons. The Morgan fingerprint density at radius 1 is 1.08 bits per heavy atom. The van der Waals surface area contributed by atoms with Gasteiger partial charge in [0.1, 0.15) is 0 Å². The molecule has 0 radical (unpaired) electrons. The Hall–Kier alpha value is -1.75. The second-order valence-corrected chi connectivity index (χ2v) is 7.05. The van der Waals surface area contributed by atoms with Crippen LogP contribution in [0.15, 0.2) is 18.2 Å². The van der Waals surface area contributed by atoms with Crippen LogP contribution in [0.5, 0.6) is 0 Å². The van der Waals surface area contributed by atoms with Gasteiger partial charge in [0, 0.05) is 0 Å². The summed E-state index contributed by atoms with van der Waals surface area (Å²) >= 11 is 0. The predicted octanol–water partition coefficient (Wildman–Crippen LogP) is 3.13. The van der Waals surface area contributed by atoms with Gasteiger partial charge in [0.25, 0.3) is 6.10 Å². The lowest BCUT2D eigenvalue weighted by Crippen LogP contribution is -2.52. The van der Waals surface area contributed by atoms with E-state index in [1.165, 1.54) is 12.1 Å². The van der Waals surface area contributed by atoms with Crippen LogP contribution in [0.1, 0.15) is 34.3 Å². The Labute approximate surface area is 139 Å². The van der Waals surface area contributed by atoms with Gasteiger partial charge in [-0.2, -0.15) is 30.4 Å². The molecule has 2 rings (SSSR count). The minimum Gasteiger partial charge on any atom is -0.441 e. The first-order valence-corrected chi connectivity index (χ1v) is 8.52. The lowest BCUT2D eigenvalue weighted by atomic mass is 9.90. The molecule has 1 unspecified atom stereocenters. The van der Waals surface area contributed by atoms with Crippen molar-refractivity contribution in [2.45, 2.75) is 43.2 Å². The van der Waals surface area contributed by atoms with Crippen molar-refractivity contribution in [1.29, 1.82) is 0 Å². The average molecular weight is 388 g/mol. The van der Waals surface area contributed by atoms with Gasteiger partial charge in [-0.3, -0.25) is 4.55 Å². The predicted molar refractivity (Wildman–Crippen MR) is 74.8 cm³/mol. The summed E-state index contributed by atoms with van der Waals surface area (Å²) in [5, 5.41) is -5.74. The molecule has 1 N–H and O–H groups in total. The highest BCUT2D eigenvalue weighted by Crippen LogP contribution is 2.38. The lowest BCUT2D eigenvalue weighted by molar-refractivity contribution is -0.248. The number of hydrogen-bond donors (Lipinski definition) is 1. The number of halogens is 5. The zero-order chi connectivity index (χ0) is 19.0. The fourth-order valence-corrected chi connectivity index (χ4v) is 2.95. The van der Waals surface area contributed by atoms with Crippen LogP contribution in [0.3, 0.4) is 0 Å². The normalized spacial score (nSPS) is 16.9. The Balaban J connectivity index is 2.32. The van der Waals surface area contributed by atoms with Gasteiger partial charge in [-0.1, -0.05) is 6.07 Å². The standard InChI is InChI=1S/C14H13F5O5S/c15-13(16,17)12(14(18,19)25(21,22)23)24-11(20)10-6-5-8-3-1-2-4-9(8)7-10/h5-7,12H,1-4H2,(H,21,22,23). The van der Waals surface area contributed by atoms with E-state index in [1.54, 1.807) is 0 Å². The summed E-state index contributed by atoms with van der Waals surface area (Å²) in [6, 6.07) is 3.83. The van der Waals surface area contributed by atoms with Crippen molar-refractivity contribution in [3.8, 4) is 0 Å². The largest absolute Gasteiger partial charge is 0.441 e. The molecule has 0 amide bonds. The number of ether oxygens (including phenoxy) is 1. The van der Waals surface area contributed by atoms with Crippen LogP contribution in [0, 0.1) is 0 Å². The van der Waals surface area contributed by atoms with Crippen LogP contribution in [-0.2, 0) is 27.7 Å². The number of benzene rings is 1. The third kappa shape index (κ3) is 4.09. The van der Waals surface area contributed by atoms with Crippen LogP contribution in [0.25, 0.3) is 0 Å². The van der Waals surface area contributed by atoms with Gasteiger partial charge in [-0.15, -0.1) is 0 Å². The number of esters is 1. The number of carbonyl (C=O) groups excluding carboxylic acids is 1. The fraction of sp³-hybridized carbons (Fsp3) is 0.500. The number of aryl methyl sites for hydroxylation is 2. The highest BCUT2D eigenvalue weighted by Gasteiger charge is 2.66. The van der Waals surface area contributed by atoms with E-state index in [9.17, 15) is 35.2 Å². The molecule has 1 atom stereocenters. The topological polar surface area (TPSA) is 80.7 Å². The number of rotatable bonds is 4. The highest BCUT2D eigenvalue weighted by molar-refractivity contribution is 7.86. The molecule has 5 nitrogen and oxygen atoms in total. The van der Waals surface area contributed by atoms with Crippen molar-refractivity contribution < 1.29 is 44.5 Å². The van der Waals surface area contributed by atoms with Gasteiger partial charge < -0.3 is 4.74 Å². The van der Waals surface area contributed by atoms with E-state index in [1.807, 2.05) is 0 Å². The van der Waals surface area contributed by atoms with E-state index in [0.29, 0.717) is 12.0 Å². The summed E-state index contributed by atoms with van der Waals surface area (Å²) in [7, 11) is -6.46. The third-order valence-corrected chi connectivity index (χ3v) is 4.66. The maximum absolute atomic E-state index is 13.4. The molecule has 1 aliphatic carbocycles. The minimum absolute atomic E-state index is 0.416. The zero-order valence-corrected chi connectivity index (χ0v) is 13.3. The maximum Gasteiger partial charge on any atom is 0.432 e. The first-order chi connectivity index (χ1) is 11.3. The summed E-state index contributed by atoms with van der Waals surface area (Å²) in [6.07, 6.45) is -7.25. The van der Waals surface area contributed by atoms with Crippen molar-refractivity contribution in [3.63, 3.8) is 0 Å². The lowest BCUT2D eigenvalue weighted by Gasteiger charge is -2.26. The van der Waals surface area contributed by atoms with Gasteiger partial charge in [0.2, 0.25) is 0 Å². The summed E-state index contributed by atoms with van der Waals surface area (Å²) in [4.78, 5) is 11.8. The smallest absolute Gasteiger partial charge is 0.432 e. The molecule has 0 heterocycles. The molecule has 0 bridgehead atoms. The molecule has 1 aromatic rings. The maximum atomic E-state index is 13.4. The summed E-state index contributed by atoms with van der Waals surface area (Å²) in [5.41, 5.74) is 1.16. The third-order valence-electron chi connectivity index (χ3n) is 3.76. The molecule has 0 spiro atoms. The second-order valence-electron chi connectivity index (χ2n) is 5.55. The van der Waals surface area contributed by atoms with E-state index in [0.717, 1.165) is 30.9 Å². The molecule has 0 aliphatic heterocycles. The minimum atomic E-state index is -6.46. The number of carbonyl (C=O) groups is 1. The van der Waals surface area contributed by atoms with Crippen molar-refractivity contribution in [1.82, 2.24) is 0 Å². The van der Waals surface area contributed by atoms with E-state index in [-0.39, 0.29) is 0 Å². The Kier molecular flexibility index (Phi) is 5.11. The molecule has 0 aromatic heterocycles. The second kappa shape index (κ2) is 6.52. The van der Waals surface area contributed by atoms with Gasteiger partial charge in [0.05, 0.1) is 5.56 Å². The van der Waals surface area contributed by atoms with E-state index in [4.69, 9.17) is 4.55 Å². The molecule has 0 saturated heterocycles. The Bertz CT molecular complexity index is 772. The summed E-state index contributed by atoms with van der Waals surface area (Å²) < 4.78 is 98.3. The highest BCUT2D eigenvalue weighted by atomic mass is 32.2. The van der Waals surface area contributed by atoms with Gasteiger partial charge in [0.15, 0.2) is 0 Å². The monoisotopic (exact) mass is 388 g/mol. The first kappa shape index (κ1) is 19.6. The van der Waals surface area contributed by atoms with E-state index >= 15 is 0 Å². The molecule has 1 aliphatic rings. The Morgan fingerprint density at radius 2 is 1.64 bits per heavy atom. The molecule has 25 heavy (non-hydrogen) atoms. The van der Waals surface area contributed by atoms with Crippen molar-refractivity contribution in [2.75, 3.05) is 0 Å². The molecular formula is C14H13F5O5S. The van der Waals surface area contributed by atoms with Crippen LogP contribution in [0.2, 0.25) is 0 Å². The van der Waals surface area contributed by atoms with Crippen molar-refractivity contribution in [2.24, 2.45) is 0 Å². The van der Waals surface area contributed by atoms with Gasteiger partial charge in [-0.25, -0.2) is 4.79 Å². The molecule has 0 saturated carbocycles. The quantitative estimate of drug-likeness (QED) is 0.487. The van der Waals surface area contributed by atoms with Crippen LogP contribution >= 0.6 is 0 Å². The molecule has 11 heteroatoms. The van der Waals surface area contributed by atoms with Crippen LogP contribution < -0.4 is 0 Å². The van der Waals surface area contributed by atoms with Gasteiger partial charge in [-0.05, 0) is 48.9 Å². The fourth-order valence-electron chi connectivity index (χ4n) is 2.50. The van der Waals surface area contributed by atoms with E-state index < -0.39 is 39.2 Å². The molecule has 1 aromatic carbocycles. The SMILES string of the molecule is O=C(OC(C(F)(F)F)C(F)(F)S(=O)(=O)O)c1ccc2c(c1)CCCC2. The number of hydrogen-bond acceptors (Lipinski definition) is 4. The number of alkyl halides is 5. The first-order valence-electron chi connectivity index (χ1n) is 7.08. The van der Waals surface area contributed by atoms with E-state index in [2.05, 4.69) is 4.74 Å². The Morgan fingerprint density at radius 3 is 2.16 bits per heavy atom.